The second-order valence-electron chi connectivity index (χ2n) is 7.68. The minimum atomic E-state index is 0. The summed E-state index contributed by atoms with van der Waals surface area (Å²) in [4.78, 5) is 0. The molecule has 0 spiro atoms. The first-order valence-electron chi connectivity index (χ1n) is 12.2. The molecule has 0 aliphatic carbocycles. The van der Waals surface area contributed by atoms with E-state index in [0.717, 1.165) is 41.8 Å². The third-order valence-electron chi connectivity index (χ3n) is 5.50. The van der Waals surface area contributed by atoms with Crippen molar-refractivity contribution in [1.29, 1.82) is 0 Å². The van der Waals surface area contributed by atoms with Gasteiger partial charge in [-0.3, -0.25) is 0 Å². The zero-order chi connectivity index (χ0) is 23.9. The first-order chi connectivity index (χ1) is 15.7. The van der Waals surface area contributed by atoms with E-state index in [1.807, 2.05) is 0 Å². The minimum Gasteiger partial charge on any atom is -0.493 e. The van der Waals surface area contributed by atoms with Gasteiger partial charge < -0.3 is 19.4 Å². The van der Waals surface area contributed by atoms with Gasteiger partial charge in [0.25, 0.3) is 0 Å². The minimum absolute atomic E-state index is 0. The summed E-state index contributed by atoms with van der Waals surface area (Å²) >= 11 is 0. The molecule has 0 atom stereocenters. The molecule has 33 heavy (non-hydrogen) atoms. The van der Waals surface area contributed by atoms with Gasteiger partial charge in [0, 0.05) is 22.8 Å². The summed E-state index contributed by atoms with van der Waals surface area (Å²) < 4.78 is 1.40. The van der Waals surface area contributed by atoms with E-state index in [4.69, 9.17) is 0 Å². The smallest absolute Gasteiger partial charge is 0.493 e. The molecule has 2 aromatic rings. The van der Waals surface area contributed by atoms with Crippen LogP contribution in [0.15, 0.2) is 60.2 Å². The maximum absolute atomic E-state index is 11.1. The Bertz CT molecular complexity index is 909. The van der Waals surface area contributed by atoms with Crippen LogP contribution in [0, 0.1) is 13.8 Å². The molecule has 0 saturated carbocycles. The normalized spacial score (nSPS) is 12.2. The van der Waals surface area contributed by atoms with Crippen LogP contribution in [0.25, 0.3) is 16.9 Å². The number of rotatable bonds is 9. The van der Waals surface area contributed by atoms with E-state index in [9.17, 15) is 5.53 Å². The molecular weight excluding hydrogens is 447 g/mol. The van der Waals surface area contributed by atoms with E-state index in [2.05, 4.69) is 89.2 Å². The van der Waals surface area contributed by atoms with E-state index < -0.39 is 0 Å². The van der Waals surface area contributed by atoms with Crippen molar-refractivity contribution >= 4 is 11.4 Å². The van der Waals surface area contributed by atoms with Crippen molar-refractivity contribution in [3.05, 3.63) is 102 Å². The van der Waals surface area contributed by atoms with Crippen LogP contribution in [0.5, 0.6) is 0 Å². The average Bonchev–Trinajstić information content (AvgIpc) is 3.20. The number of hydrogen-bond acceptors (Lipinski definition) is 0. The number of aryl methyl sites for hydroxylation is 2. The number of unbranched alkanes of at least 4 members (excludes halogenated alkanes) is 2. The van der Waals surface area contributed by atoms with E-state index in [1.54, 1.807) is 13.8 Å². The summed E-state index contributed by atoms with van der Waals surface area (Å²) in [5.74, 6) is 0. The second-order valence-corrected chi connectivity index (χ2v) is 7.68. The van der Waals surface area contributed by atoms with Crippen LogP contribution < -0.4 is 0 Å². The van der Waals surface area contributed by atoms with E-state index in [-0.39, 0.29) is 16.5 Å². The third-order valence-corrected chi connectivity index (χ3v) is 5.50. The van der Waals surface area contributed by atoms with Gasteiger partial charge in [-0.25, -0.2) is 4.70 Å². The van der Waals surface area contributed by atoms with Crippen molar-refractivity contribution in [3.8, 4) is 0 Å². The second kappa shape index (κ2) is 17.5. The zero-order valence-electron chi connectivity index (χ0n) is 21.3. The largest absolute Gasteiger partial charge is 2.00 e. The van der Waals surface area contributed by atoms with E-state index in [1.165, 1.54) is 47.1 Å². The molecule has 2 nitrogen and oxygen atoms in total. The van der Waals surface area contributed by atoms with Crippen molar-refractivity contribution in [2.45, 2.75) is 79.6 Å². The van der Waals surface area contributed by atoms with Crippen LogP contribution in [-0.2, 0) is 29.3 Å². The fraction of sp³-hybridized carbons (Fsp3) is 0.400. The number of benzene rings is 2. The van der Waals surface area contributed by atoms with Crippen LogP contribution in [0.4, 0.5) is 0 Å². The molecule has 0 radical (unpaired) electrons. The first-order valence-corrected chi connectivity index (χ1v) is 12.2. The van der Waals surface area contributed by atoms with Crippen LogP contribution in [0.3, 0.4) is 0 Å². The maximum atomic E-state index is 11.1. The van der Waals surface area contributed by atoms with E-state index in [0.29, 0.717) is 0 Å². The van der Waals surface area contributed by atoms with Gasteiger partial charge in [0.2, 0.25) is 11.4 Å². The van der Waals surface area contributed by atoms with E-state index >= 15 is 0 Å². The van der Waals surface area contributed by atoms with Gasteiger partial charge in [0.05, 0.1) is 0 Å². The Hall–Kier alpha value is -1.99. The molecule has 1 heterocycles. The molecule has 0 saturated heterocycles. The summed E-state index contributed by atoms with van der Waals surface area (Å²) in [6.45, 7) is 16.6. The Labute approximate surface area is 213 Å². The molecule has 182 valence electrons. The molecule has 3 rings (SSSR count). The quantitative estimate of drug-likeness (QED) is 0.191. The summed E-state index contributed by atoms with van der Waals surface area (Å²) in [5.41, 5.74) is 18.9. The topological polar surface area (TPSA) is 25.3 Å². The first kappa shape index (κ1) is 31.0. The Kier molecular flexibility index (Phi) is 16.4. The van der Waals surface area contributed by atoms with Crippen molar-refractivity contribution in [1.82, 2.24) is 0 Å². The van der Waals surface area contributed by atoms with Gasteiger partial charge >= 0.3 is 16.5 Å². The van der Waals surface area contributed by atoms with Crippen molar-refractivity contribution in [3.63, 3.8) is 0 Å². The van der Waals surface area contributed by atoms with Gasteiger partial charge in [0.1, 0.15) is 0 Å². The molecular formula is C30H42N2Ni. The standard InChI is InChI=1S/C26H32N2.2C2H5.Ni/c1-4-7-11-20-13-9-15-23(17-20)25-19-22(6-3)26(28(25)27)24-16-10-14-21(18-24)12-8-5-2;2*1-2;/h9-10,13-19H,4-8,11-12H2,1-3H3;2*1H2,2H3;/q;2*-1;+2. The SMILES string of the molecule is CCCCc1cccc(C2=CC(CC)=C(c3cccc(CCCC)c3)[N+]2=[N-])c1.[CH2-]C.[CH2-]C.[Ni+2]. The molecule has 1 aliphatic heterocycles. The molecule has 0 unspecified atom stereocenters. The Balaban J connectivity index is 0.00000194. The Morgan fingerprint density at radius 1 is 0.758 bits per heavy atom. The molecule has 0 bridgehead atoms. The predicted molar refractivity (Wildman–Crippen MR) is 141 cm³/mol. The monoisotopic (exact) mass is 488 g/mol. The van der Waals surface area contributed by atoms with Crippen molar-refractivity contribution in [2.24, 2.45) is 0 Å². The van der Waals surface area contributed by atoms with Crippen LogP contribution in [-0.4, -0.2) is 4.70 Å². The summed E-state index contributed by atoms with van der Waals surface area (Å²) in [7, 11) is 0. The predicted octanol–water partition coefficient (Wildman–Crippen LogP) is 9.26. The van der Waals surface area contributed by atoms with Gasteiger partial charge in [-0.2, -0.15) is 13.8 Å². The number of nitrogens with zero attached hydrogens (tertiary/aromatic N) is 2. The van der Waals surface area contributed by atoms with Crippen molar-refractivity contribution < 1.29 is 21.2 Å². The summed E-state index contributed by atoms with van der Waals surface area (Å²) in [6.07, 6.45) is 9.99. The van der Waals surface area contributed by atoms with Gasteiger partial charge in [-0.1, -0.05) is 57.9 Å². The fourth-order valence-electron chi connectivity index (χ4n) is 3.86. The summed E-state index contributed by atoms with van der Waals surface area (Å²) in [6, 6.07) is 17.2. The molecule has 3 heteroatoms. The van der Waals surface area contributed by atoms with Gasteiger partial charge in [-0.15, -0.1) is 0 Å². The fourth-order valence-corrected chi connectivity index (χ4v) is 3.86. The number of allylic oxidation sites excluding steroid dienone is 2. The summed E-state index contributed by atoms with van der Waals surface area (Å²) in [5, 5.41) is 0. The van der Waals surface area contributed by atoms with Gasteiger partial charge in [0.15, 0.2) is 0 Å². The Morgan fingerprint density at radius 3 is 1.73 bits per heavy atom. The molecule has 0 N–H and O–H groups in total. The number of hydrogen-bond donors (Lipinski definition) is 0. The molecule has 0 amide bonds. The average molecular weight is 489 g/mol. The van der Waals surface area contributed by atoms with Gasteiger partial charge in [-0.05, 0) is 67.5 Å². The zero-order valence-corrected chi connectivity index (χ0v) is 22.3. The Morgan fingerprint density at radius 2 is 1.24 bits per heavy atom. The third kappa shape index (κ3) is 8.71. The molecule has 0 aromatic heterocycles. The van der Waals surface area contributed by atoms with Crippen molar-refractivity contribution in [2.75, 3.05) is 0 Å². The molecule has 2 aromatic carbocycles. The molecule has 1 aliphatic rings. The van der Waals surface area contributed by atoms with Crippen LogP contribution >= 0.6 is 0 Å². The maximum Gasteiger partial charge on any atom is 2.00 e. The van der Waals surface area contributed by atoms with Crippen LogP contribution in [0.2, 0.25) is 0 Å². The molecule has 0 fully saturated rings. The van der Waals surface area contributed by atoms with Crippen LogP contribution in [0.1, 0.15) is 89.0 Å².